The molecule has 1 aliphatic heterocycles. The van der Waals surface area contributed by atoms with Gasteiger partial charge in [-0.25, -0.2) is 18.0 Å². The SMILES string of the molecule is COC(=O)c1ccccc1S(=O)(=O)N1CCC(C2(NC(N)=O)CCCCCC2)CC1. The average Bonchev–Trinajstić information content (AvgIpc) is 2.99. The van der Waals surface area contributed by atoms with Crippen LogP contribution in [0.25, 0.3) is 0 Å². The van der Waals surface area contributed by atoms with Gasteiger partial charge in [0.15, 0.2) is 0 Å². The molecule has 0 unspecified atom stereocenters. The van der Waals surface area contributed by atoms with Gasteiger partial charge in [-0.05, 0) is 43.7 Å². The minimum Gasteiger partial charge on any atom is -0.465 e. The molecule has 8 nitrogen and oxygen atoms in total. The highest BCUT2D eigenvalue weighted by molar-refractivity contribution is 7.89. The number of rotatable bonds is 5. The maximum Gasteiger partial charge on any atom is 0.339 e. The Labute approximate surface area is 178 Å². The molecule has 2 aliphatic rings. The van der Waals surface area contributed by atoms with E-state index in [4.69, 9.17) is 10.5 Å². The van der Waals surface area contributed by atoms with Gasteiger partial charge in [-0.1, -0.05) is 37.8 Å². The lowest BCUT2D eigenvalue weighted by molar-refractivity contribution is 0.0596. The number of methoxy groups -OCH3 is 1. The number of nitrogens with one attached hydrogen (secondary N) is 1. The first kappa shape index (κ1) is 22.6. The highest BCUT2D eigenvalue weighted by Gasteiger charge is 2.43. The van der Waals surface area contributed by atoms with Crippen LogP contribution in [0.1, 0.15) is 61.7 Å². The van der Waals surface area contributed by atoms with Gasteiger partial charge in [0.2, 0.25) is 10.0 Å². The summed E-state index contributed by atoms with van der Waals surface area (Å²) in [6.07, 6.45) is 7.37. The number of primary amides is 1. The van der Waals surface area contributed by atoms with E-state index in [1.165, 1.54) is 23.5 Å². The van der Waals surface area contributed by atoms with Gasteiger partial charge in [0.25, 0.3) is 0 Å². The van der Waals surface area contributed by atoms with E-state index in [2.05, 4.69) is 5.32 Å². The Kier molecular flexibility index (Phi) is 7.02. The lowest BCUT2D eigenvalue weighted by atomic mass is 9.73. The second-order valence-corrected chi connectivity index (χ2v) is 10.1. The smallest absolute Gasteiger partial charge is 0.339 e. The van der Waals surface area contributed by atoms with Crippen LogP contribution in [0.3, 0.4) is 0 Å². The van der Waals surface area contributed by atoms with Gasteiger partial charge in [-0.3, -0.25) is 0 Å². The van der Waals surface area contributed by atoms with Crippen LogP contribution in [0, 0.1) is 5.92 Å². The monoisotopic (exact) mass is 437 g/mol. The van der Waals surface area contributed by atoms with Crippen LogP contribution >= 0.6 is 0 Å². The van der Waals surface area contributed by atoms with E-state index in [1.54, 1.807) is 12.1 Å². The number of hydrogen-bond acceptors (Lipinski definition) is 5. The first-order chi connectivity index (χ1) is 14.3. The van der Waals surface area contributed by atoms with Gasteiger partial charge >= 0.3 is 12.0 Å². The standard InChI is InChI=1S/C21H31N3O5S/c1-29-19(25)17-8-4-5-9-18(17)30(27,28)24-14-10-16(11-15-24)21(23-20(22)26)12-6-2-3-7-13-21/h4-5,8-9,16H,2-3,6-7,10-15H2,1H3,(H3,22,23,26). The molecule has 9 heteroatoms. The highest BCUT2D eigenvalue weighted by atomic mass is 32.2. The fraction of sp³-hybridized carbons (Fsp3) is 0.619. The largest absolute Gasteiger partial charge is 0.465 e. The van der Waals surface area contributed by atoms with Crippen LogP contribution in [0.2, 0.25) is 0 Å². The average molecular weight is 438 g/mol. The number of nitrogens with zero attached hydrogens (tertiary/aromatic N) is 1. The molecule has 0 radical (unpaired) electrons. The zero-order valence-corrected chi connectivity index (χ0v) is 18.2. The normalized spacial score (nSPS) is 20.8. The predicted octanol–water partition coefficient (Wildman–Crippen LogP) is 2.64. The third kappa shape index (κ3) is 4.62. The van der Waals surface area contributed by atoms with Gasteiger partial charge in [-0.15, -0.1) is 0 Å². The van der Waals surface area contributed by atoms with Gasteiger partial charge < -0.3 is 15.8 Å². The molecule has 2 amide bonds. The summed E-state index contributed by atoms with van der Waals surface area (Å²) in [5.74, 6) is -0.502. The Bertz CT molecular complexity index is 870. The van der Waals surface area contributed by atoms with E-state index in [1.807, 2.05) is 0 Å². The van der Waals surface area contributed by atoms with Crippen LogP contribution < -0.4 is 11.1 Å². The molecule has 0 spiro atoms. The molecule has 2 fully saturated rings. The lowest BCUT2D eigenvalue weighted by Crippen LogP contribution is -2.57. The van der Waals surface area contributed by atoms with Crippen LogP contribution in [0.5, 0.6) is 0 Å². The molecule has 3 rings (SSSR count). The van der Waals surface area contributed by atoms with Crippen molar-refractivity contribution in [2.75, 3.05) is 20.2 Å². The zero-order valence-electron chi connectivity index (χ0n) is 17.4. The van der Waals surface area contributed by atoms with Crippen LogP contribution in [0.4, 0.5) is 4.79 Å². The van der Waals surface area contributed by atoms with Crippen molar-refractivity contribution in [3.63, 3.8) is 0 Å². The third-order valence-corrected chi connectivity index (χ3v) is 8.47. The second kappa shape index (κ2) is 9.34. The third-order valence-electron chi connectivity index (χ3n) is 6.51. The van der Waals surface area contributed by atoms with Crippen molar-refractivity contribution in [1.82, 2.24) is 9.62 Å². The number of hydrogen-bond donors (Lipinski definition) is 2. The Balaban J connectivity index is 1.79. The number of amides is 2. The first-order valence-corrected chi connectivity index (χ1v) is 12.0. The number of nitrogens with two attached hydrogens (primary N) is 1. The minimum atomic E-state index is -3.83. The highest BCUT2D eigenvalue weighted by Crippen LogP contribution is 2.39. The van der Waals surface area contributed by atoms with Crippen molar-refractivity contribution >= 4 is 22.0 Å². The predicted molar refractivity (Wildman–Crippen MR) is 112 cm³/mol. The zero-order chi connectivity index (χ0) is 21.8. The van der Waals surface area contributed by atoms with E-state index < -0.39 is 22.0 Å². The summed E-state index contributed by atoms with van der Waals surface area (Å²) in [7, 11) is -2.60. The molecule has 1 saturated carbocycles. The fourth-order valence-corrected chi connectivity index (χ4v) is 6.65. The Morgan fingerprint density at radius 2 is 1.70 bits per heavy atom. The quantitative estimate of drug-likeness (QED) is 0.542. The lowest BCUT2D eigenvalue weighted by Gasteiger charge is -2.44. The molecule has 1 aromatic carbocycles. The molecule has 1 aliphatic carbocycles. The molecule has 0 aromatic heterocycles. The number of esters is 1. The second-order valence-electron chi connectivity index (χ2n) is 8.23. The Morgan fingerprint density at radius 1 is 1.10 bits per heavy atom. The molecule has 1 aromatic rings. The summed E-state index contributed by atoms with van der Waals surface area (Å²) < 4.78 is 32.7. The number of benzene rings is 1. The summed E-state index contributed by atoms with van der Waals surface area (Å²) in [4.78, 5) is 23.7. The van der Waals surface area contributed by atoms with Gasteiger partial charge in [0, 0.05) is 18.6 Å². The van der Waals surface area contributed by atoms with E-state index in [0.717, 1.165) is 38.5 Å². The molecular weight excluding hydrogens is 406 g/mol. The maximum absolute atomic E-state index is 13.3. The van der Waals surface area contributed by atoms with Gasteiger partial charge in [0.05, 0.1) is 17.6 Å². The molecule has 1 saturated heterocycles. The topological polar surface area (TPSA) is 119 Å². The van der Waals surface area contributed by atoms with Crippen molar-refractivity contribution in [1.29, 1.82) is 0 Å². The van der Waals surface area contributed by atoms with E-state index in [0.29, 0.717) is 25.9 Å². The van der Waals surface area contributed by atoms with Gasteiger partial charge in [-0.2, -0.15) is 4.31 Å². The molecule has 0 bridgehead atoms. The first-order valence-electron chi connectivity index (χ1n) is 10.6. The van der Waals surface area contributed by atoms with E-state index >= 15 is 0 Å². The van der Waals surface area contributed by atoms with Crippen LogP contribution in [-0.4, -0.2) is 50.5 Å². The molecule has 166 valence electrons. The molecule has 3 N–H and O–H groups in total. The number of carbonyl (C=O) groups is 2. The van der Waals surface area contributed by atoms with Crippen molar-refractivity contribution in [3.05, 3.63) is 29.8 Å². The molecule has 30 heavy (non-hydrogen) atoms. The maximum atomic E-state index is 13.3. The van der Waals surface area contributed by atoms with Crippen molar-refractivity contribution in [3.8, 4) is 0 Å². The number of ether oxygens (including phenoxy) is 1. The van der Waals surface area contributed by atoms with Crippen LogP contribution in [0.15, 0.2) is 29.2 Å². The van der Waals surface area contributed by atoms with E-state index in [9.17, 15) is 18.0 Å². The summed E-state index contributed by atoms with van der Waals surface area (Å²) in [5.41, 5.74) is 5.18. The summed E-state index contributed by atoms with van der Waals surface area (Å²) in [5, 5.41) is 3.03. The number of urea groups is 1. The number of sulfonamides is 1. The van der Waals surface area contributed by atoms with Crippen LogP contribution in [-0.2, 0) is 14.8 Å². The van der Waals surface area contributed by atoms with Crippen molar-refractivity contribution in [2.45, 2.75) is 61.8 Å². The molecular formula is C21H31N3O5S. The van der Waals surface area contributed by atoms with Crippen molar-refractivity contribution < 1.29 is 22.7 Å². The van der Waals surface area contributed by atoms with Gasteiger partial charge in [0.1, 0.15) is 0 Å². The Hall–Kier alpha value is -2.13. The summed E-state index contributed by atoms with van der Waals surface area (Å²) >= 11 is 0. The number of piperidine rings is 1. The summed E-state index contributed by atoms with van der Waals surface area (Å²) in [6, 6.07) is 5.60. The number of carbonyl (C=O) groups excluding carboxylic acids is 2. The fourth-order valence-electron chi connectivity index (χ4n) is 5.00. The minimum absolute atomic E-state index is 0.0326. The van der Waals surface area contributed by atoms with Crippen molar-refractivity contribution in [2.24, 2.45) is 11.7 Å². The molecule has 1 heterocycles. The molecule has 0 atom stereocenters. The summed E-state index contributed by atoms with van der Waals surface area (Å²) in [6.45, 7) is 0.676. The van der Waals surface area contributed by atoms with E-state index in [-0.39, 0.29) is 21.9 Å². The Morgan fingerprint density at radius 3 is 2.27 bits per heavy atom.